The van der Waals surface area contributed by atoms with E-state index in [9.17, 15) is 43.7 Å². The quantitative estimate of drug-likeness (QED) is 0.108. The van der Waals surface area contributed by atoms with Gasteiger partial charge in [-0.25, -0.2) is 27.8 Å². The van der Waals surface area contributed by atoms with Gasteiger partial charge < -0.3 is 53.3 Å². The highest BCUT2D eigenvalue weighted by atomic mass is 31.3. The molecule has 0 aliphatic carbocycles. The highest BCUT2D eigenvalue weighted by molar-refractivity contribution is 7.61. The van der Waals surface area contributed by atoms with Crippen molar-refractivity contribution in [2.75, 3.05) is 20.2 Å². The van der Waals surface area contributed by atoms with Crippen molar-refractivity contribution in [3.8, 4) is 0 Å². The Kier molecular flexibility index (Phi) is 13.6. The minimum atomic E-state index is -5.50. The maximum atomic E-state index is 13.1. The van der Waals surface area contributed by atoms with Gasteiger partial charge in [-0.3, -0.25) is 14.2 Å². The topological polar surface area (TPSA) is 282 Å². The zero-order valence-electron chi connectivity index (χ0n) is 27.5. The van der Waals surface area contributed by atoms with Gasteiger partial charge in [0, 0.05) is 17.7 Å². The molecular weight excluding hydrogens is 732 g/mol. The Morgan fingerprint density at radius 1 is 0.941 bits per heavy atom. The summed E-state index contributed by atoms with van der Waals surface area (Å²) in [5.74, 6) is -0.629. The van der Waals surface area contributed by atoms with Gasteiger partial charge in [0.25, 0.3) is 5.91 Å². The van der Waals surface area contributed by atoms with E-state index >= 15 is 0 Å². The standard InChI is InChI=1S/C27H37N3O19P2/c1-15(2)45-26(35)40-13-43-51(39,44-14-41-27(36)46-16(3)4)49-50(37,38)42-12-20-22(32)23(33)24(47-20)29-10-9-21(31)30(25(29)34)11-18-17-7-5-6-8-19(17)48-28-18/h5-10,15-16,20,22-25,32-34H,11-14H2,1-4H3,(H,37,38)/t20-,22+,23+,24-,25?/m1/s1. The van der Waals surface area contributed by atoms with Gasteiger partial charge >= 0.3 is 28.0 Å². The zero-order valence-corrected chi connectivity index (χ0v) is 29.3. The minimum Gasteiger partial charge on any atom is -0.432 e. The van der Waals surface area contributed by atoms with Gasteiger partial charge in [-0.1, -0.05) is 17.3 Å². The molecule has 0 spiro atoms. The number of hydrogen-bond donors (Lipinski definition) is 4. The molecule has 1 amide bonds. The average Bonchev–Trinajstić information content (AvgIpc) is 3.57. The summed E-state index contributed by atoms with van der Waals surface area (Å²) in [4.78, 5) is 48.3. The molecule has 6 atom stereocenters. The van der Waals surface area contributed by atoms with Crippen LogP contribution in [0.5, 0.6) is 0 Å². The lowest BCUT2D eigenvalue weighted by molar-refractivity contribution is -0.192. The number of phosphoric acid groups is 2. The Labute approximate surface area is 289 Å². The second kappa shape index (κ2) is 17.2. The number of phosphoric ester groups is 2. The molecule has 1 saturated heterocycles. The van der Waals surface area contributed by atoms with Gasteiger partial charge in [0.15, 0.2) is 11.8 Å². The van der Waals surface area contributed by atoms with Crippen molar-refractivity contribution in [2.24, 2.45) is 0 Å². The number of hydrogen-bond acceptors (Lipinski definition) is 20. The fourth-order valence-electron chi connectivity index (χ4n) is 4.43. The molecule has 0 bridgehead atoms. The molecule has 24 heteroatoms. The van der Waals surface area contributed by atoms with Crippen molar-refractivity contribution in [3.05, 3.63) is 42.2 Å². The van der Waals surface area contributed by atoms with Gasteiger partial charge in [0.1, 0.15) is 24.0 Å². The van der Waals surface area contributed by atoms with Crippen LogP contribution in [-0.4, -0.2) is 117 Å². The van der Waals surface area contributed by atoms with Gasteiger partial charge in [-0.05, 0) is 39.8 Å². The lowest BCUT2D eigenvalue weighted by Crippen LogP contribution is -2.56. The lowest BCUT2D eigenvalue weighted by Gasteiger charge is -2.41. The SMILES string of the molecule is CC(C)OC(=O)OCOP(=O)(OCOC(=O)OC(C)C)OP(=O)(O)OC[C@H]1O[C@@H](N2C=CC(=O)N(Cc3noc4ccccc34)C2O)[C@@H](O)[C@H]1O. The largest absolute Gasteiger partial charge is 0.510 e. The van der Waals surface area contributed by atoms with Crippen LogP contribution >= 0.6 is 15.6 Å². The summed E-state index contributed by atoms with van der Waals surface area (Å²) in [5, 5.41) is 37.0. The van der Waals surface area contributed by atoms with E-state index in [0.29, 0.717) is 16.7 Å². The molecule has 284 valence electrons. The molecule has 3 heterocycles. The van der Waals surface area contributed by atoms with Crippen LogP contribution in [0.3, 0.4) is 0 Å². The van der Waals surface area contributed by atoms with Crippen LogP contribution in [0.1, 0.15) is 33.4 Å². The molecule has 4 N–H and O–H groups in total. The Balaban J connectivity index is 1.38. The molecule has 22 nitrogen and oxygen atoms in total. The van der Waals surface area contributed by atoms with Crippen LogP contribution < -0.4 is 0 Å². The maximum Gasteiger partial charge on any atom is 0.510 e. The predicted octanol–water partition coefficient (Wildman–Crippen LogP) is 2.02. The number of para-hydroxylation sites is 1. The molecule has 2 aromatic rings. The second-order valence-electron chi connectivity index (χ2n) is 11.2. The number of nitrogens with zero attached hydrogens (tertiary/aromatic N) is 3. The first-order valence-corrected chi connectivity index (χ1v) is 18.0. The van der Waals surface area contributed by atoms with Crippen LogP contribution in [0.4, 0.5) is 9.59 Å². The van der Waals surface area contributed by atoms with Crippen LogP contribution in [0.2, 0.25) is 0 Å². The molecule has 0 radical (unpaired) electrons. The first kappa shape index (κ1) is 40.1. The Bertz CT molecular complexity index is 1620. The van der Waals surface area contributed by atoms with Crippen LogP contribution in [0, 0.1) is 0 Å². The molecule has 2 unspecified atom stereocenters. The Morgan fingerprint density at radius 3 is 2.16 bits per heavy atom. The second-order valence-corrected chi connectivity index (χ2v) is 14.4. The summed E-state index contributed by atoms with van der Waals surface area (Å²) in [6.45, 7) is 2.38. The van der Waals surface area contributed by atoms with E-state index in [1.807, 2.05) is 0 Å². The third kappa shape index (κ3) is 10.9. The number of aliphatic hydroxyl groups excluding tert-OH is 3. The number of aromatic nitrogens is 1. The van der Waals surface area contributed by atoms with E-state index in [1.54, 1.807) is 24.3 Å². The number of aliphatic hydroxyl groups is 3. The van der Waals surface area contributed by atoms with E-state index < -0.39 is 97.2 Å². The van der Waals surface area contributed by atoms with E-state index in [0.717, 1.165) is 22.1 Å². The molecule has 0 saturated carbocycles. The average molecular weight is 770 g/mol. The molecule has 1 aromatic heterocycles. The summed E-state index contributed by atoms with van der Waals surface area (Å²) < 4.78 is 74.1. The first-order chi connectivity index (χ1) is 24.0. The van der Waals surface area contributed by atoms with Crippen molar-refractivity contribution in [1.82, 2.24) is 15.0 Å². The van der Waals surface area contributed by atoms with Gasteiger partial charge in [0.05, 0.1) is 25.4 Å². The molecule has 2 aliphatic rings. The van der Waals surface area contributed by atoms with Crippen LogP contribution in [0.15, 0.2) is 41.1 Å². The molecular formula is C27H37N3O19P2. The highest BCUT2D eigenvalue weighted by Crippen LogP contribution is 2.63. The van der Waals surface area contributed by atoms with Gasteiger partial charge in [0.2, 0.25) is 19.9 Å². The number of carbonyl (C=O) groups is 3. The minimum absolute atomic E-state index is 0.223. The van der Waals surface area contributed by atoms with Gasteiger partial charge in [-0.15, -0.1) is 0 Å². The van der Waals surface area contributed by atoms with Crippen molar-refractivity contribution in [2.45, 2.75) is 77.3 Å². The lowest BCUT2D eigenvalue weighted by atomic mass is 10.1. The predicted molar refractivity (Wildman–Crippen MR) is 164 cm³/mol. The summed E-state index contributed by atoms with van der Waals surface area (Å²) in [6, 6.07) is 6.82. The Morgan fingerprint density at radius 2 is 1.55 bits per heavy atom. The molecule has 1 fully saturated rings. The van der Waals surface area contributed by atoms with Crippen LogP contribution in [-0.2, 0) is 62.0 Å². The first-order valence-electron chi connectivity index (χ1n) is 15.0. The van der Waals surface area contributed by atoms with Crippen molar-refractivity contribution >= 4 is 44.8 Å². The van der Waals surface area contributed by atoms with Crippen molar-refractivity contribution in [3.63, 3.8) is 0 Å². The monoisotopic (exact) mass is 769 g/mol. The Hall–Kier alpha value is -3.66. The fraction of sp³-hybridized carbons (Fsp3) is 0.556. The van der Waals surface area contributed by atoms with Crippen molar-refractivity contribution < 1.29 is 89.8 Å². The molecule has 1 aromatic carbocycles. The number of benzene rings is 1. The molecule has 4 rings (SSSR count). The van der Waals surface area contributed by atoms with Crippen LogP contribution in [0.25, 0.3) is 11.0 Å². The van der Waals surface area contributed by atoms with E-state index in [2.05, 4.69) is 18.9 Å². The van der Waals surface area contributed by atoms with E-state index in [4.69, 9.17) is 32.3 Å². The molecule has 51 heavy (non-hydrogen) atoms. The van der Waals surface area contributed by atoms with E-state index in [-0.39, 0.29) is 6.54 Å². The number of rotatable bonds is 16. The number of amides is 1. The maximum absolute atomic E-state index is 13.1. The number of ether oxygens (including phenoxy) is 5. The zero-order chi connectivity index (χ0) is 37.5. The number of carbonyl (C=O) groups excluding carboxylic acids is 3. The summed E-state index contributed by atoms with van der Waals surface area (Å²) in [7, 11) is -10.8. The summed E-state index contributed by atoms with van der Waals surface area (Å²) in [6.07, 6.45) is -10.0. The summed E-state index contributed by atoms with van der Waals surface area (Å²) >= 11 is 0. The van der Waals surface area contributed by atoms with E-state index in [1.165, 1.54) is 27.7 Å². The summed E-state index contributed by atoms with van der Waals surface area (Å²) in [5.41, 5.74) is 0.763. The normalized spacial score (nSPS) is 23.6. The third-order valence-corrected chi connectivity index (χ3v) is 9.61. The van der Waals surface area contributed by atoms with Crippen molar-refractivity contribution in [1.29, 1.82) is 0 Å². The third-order valence-electron chi connectivity index (χ3n) is 6.67. The number of fused-ring (bicyclic) bond motifs is 1. The fourth-order valence-corrected chi connectivity index (χ4v) is 6.78. The highest BCUT2D eigenvalue weighted by Gasteiger charge is 2.49. The molecule has 2 aliphatic heterocycles. The smallest absolute Gasteiger partial charge is 0.432 e. The van der Waals surface area contributed by atoms with Gasteiger partial charge in [-0.2, -0.15) is 4.31 Å².